The highest BCUT2D eigenvalue weighted by Crippen LogP contribution is 2.15. The van der Waals surface area contributed by atoms with Gasteiger partial charge in [-0.25, -0.2) is 14.5 Å². The fraction of sp³-hybridized carbons (Fsp3) is 0.471. The molecule has 0 unspecified atom stereocenters. The maximum atomic E-state index is 11.7. The van der Waals surface area contributed by atoms with Gasteiger partial charge >= 0.3 is 6.09 Å². The van der Waals surface area contributed by atoms with Gasteiger partial charge in [-0.1, -0.05) is 18.2 Å². The number of para-hydroxylation sites is 1. The summed E-state index contributed by atoms with van der Waals surface area (Å²) >= 11 is 0. The summed E-state index contributed by atoms with van der Waals surface area (Å²) in [7, 11) is 0. The van der Waals surface area contributed by atoms with Crippen LogP contribution in [0.3, 0.4) is 0 Å². The molecule has 7 heteroatoms. The molecule has 24 heavy (non-hydrogen) atoms. The Hall–Kier alpha value is -2.41. The quantitative estimate of drug-likeness (QED) is 0.908. The number of benzene rings is 1. The van der Waals surface area contributed by atoms with Crippen LogP contribution >= 0.6 is 0 Å². The van der Waals surface area contributed by atoms with E-state index in [2.05, 4.69) is 21.5 Å². The molecule has 2 aromatic rings. The lowest BCUT2D eigenvalue weighted by Gasteiger charge is -2.31. The molecule has 0 radical (unpaired) electrons. The van der Waals surface area contributed by atoms with Gasteiger partial charge in [0.05, 0.1) is 12.3 Å². The predicted molar refractivity (Wildman–Crippen MR) is 89.8 cm³/mol. The molecule has 1 aliphatic heterocycles. The molecule has 1 N–H and O–H groups in total. The number of aromatic nitrogens is 3. The molecule has 3 rings (SSSR count). The molecule has 1 fully saturated rings. The third-order valence-corrected chi connectivity index (χ3v) is 4.26. The van der Waals surface area contributed by atoms with Crippen molar-refractivity contribution in [2.75, 3.05) is 19.7 Å². The van der Waals surface area contributed by atoms with Gasteiger partial charge in [0.2, 0.25) is 0 Å². The monoisotopic (exact) mass is 329 g/mol. The Kier molecular flexibility index (Phi) is 5.43. The Morgan fingerprint density at radius 1 is 1.33 bits per heavy atom. The fourth-order valence-electron chi connectivity index (χ4n) is 2.95. The van der Waals surface area contributed by atoms with E-state index in [4.69, 9.17) is 4.74 Å². The average molecular weight is 329 g/mol. The van der Waals surface area contributed by atoms with Crippen molar-refractivity contribution in [3.8, 4) is 5.69 Å². The van der Waals surface area contributed by atoms with Crippen molar-refractivity contribution in [1.82, 2.24) is 25.0 Å². The van der Waals surface area contributed by atoms with Gasteiger partial charge in [-0.15, -0.1) is 0 Å². The van der Waals surface area contributed by atoms with Gasteiger partial charge < -0.3 is 15.0 Å². The van der Waals surface area contributed by atoms with Crippen LogP contribution in [-0.2, 0) is 11.3 Å². The maximum Gasteiger partial charge on any atom is 0.409 e. The molecule has 0 bridgehead atoms. The molecule has 1 aromatic carbocycles. The second-order valence-corrected chi connectivity index (χ2v) is 5.81. The minimum Gasteiger partial charge on any atom is -0.450 e. The van der Waals surface area contributed by atoms with Crippen molar-refractivity contribution in [1.29, 1.82) is 0 Å². The summed E-state index contributed by atoms with van der Waals surface area (Å²) in [5, 5.41) is 7.80. The normalized spacial score (nSPS) is 15.5. The molecule has 7 nitrogen and oxygen atoms in total. The van der Waals surface area contributed by atoms with Crippen LogP contribution < -0.4 is 5.32 Å². The van der Waals surface area contributed by atoms with Crippen LogP contribution in [0.5, 0.6) is 0 Å². The molecule has 1 amide bonds. The summed E-state index contributed by atoms with van der Waals surface area (Å²) in [5.41, 5.74) is 2.21. The molecule has 1 saturated heterocycles. The second-order valence-electron chi connectivity index (χ2n) is 5.81. The van der Waals surface area contributed by atoms with E-state index in [1.54, 1.807) is 15.9 Å². The van der Waals surface area contributed by atoms with Crippen LogP contribution in [0, 0.1) is 0 Å². The highest BCUT2D eigenvalue weighted by atomic mass is 16.6. The predicted octanol–water partition coefficient (Wildman–Crippen LogP) is 1.98. The van der Waals surface area contributed by atoms with Crippen LogP contribution in [0.2, 0.25) is 0 Å². The van der Waals surface area contributed by atoms with Gasteiger partial charge in [0.25, 0.3) is 0 Å². The van der Waals surface area contributed by atoms with Crippen LogP contribution in [0.1, 0.15) is 25.3 Å². The molecule has 0 aliphatic carbocycles. The van der Waals surface area contributed by atoms with Gasteiger partial charge in [-0.3, -0.25) is 0 Å². The Bertz CT molecular complexity index is 651. The van der Waals surface area contributed by atoms with Crippen molar-refractivity contribution < 1.29 is 9.53 Å². The number of rotatable bonds is 5. The molecule has 2 heterocycles. The number of hydrogen-bond acceptors (Lipinski definition) is 5. The number of hydrogen-bond donors (Lipinski definition) is 1. The molecule has 128 valence electrons. The van der Waals surface area contributed by atoms with Crippen molar-refractivity contribution >= 4 is 6.09 Å². The SMILES string of the molecule is CCOC(=O)N1CCC(NCc2ccccc2-n2cncn2)CC1. The molecular formula is C17H23N5O2. The first-order chi connectivity index (χ1) is 11.8. The van der Waals surface area contributed by atoms with Gasteiger partial charge in [-0.05, 0) is 31.4 Å². The van der Waals surface area contributed by atoms with E-state index in [1.165, 1.54) is 11.9 Å². The van der Waals surface area contributed by atoms with E-state index >= 15 is 0 Å². The highest BCUT2D eigenvalue weighted by Gasteiger charge is 2.23. The Balaban J connectivity index is 1.54. The number of ether oxygens (including phenoxy) is 1. The largest absolute Gasteiger partial charge is 0.450 e. The molecule has 0 atom stereocenters. The van der Waals surface area contributed by atoms with Crippen molar-refractivity contribution in [3.63, 3.8) is 0 Å². The summed E-state index contributed by atoms with van der Waals surface area (Å²) < 4.78 is 6.83. The van der Waals surface area contributed by atoms with E-state index in [0.717, 1.165) is 38.2 Å². The molecule has 1 aliphatic rings. The van der Waals surface area contributed by atoms with E-state index < -0.39 is 0 Å². The van der Waals surface area contributed by atoms with Gasteiger partial charge in [-0.2, -0.15) is 5.10 Å². The van der Waals surface area contributed by atoms with Crippen LogP contribution in [-0.4, -0.2) is 51.5 Å². The van der Waals surface area contributed by atoms with E-state index in [0.29, 0.717) is 12.6 Å². The van der Waals surface area contributed by atoms with E-state index in [-0.39, 0.29) is 6.09 Å². The highest BCUT2D eigenvalue weighted by molar-refractivity contribution is 5.67. The van der Waals surface area contributed by atoms with Crippen molar-refractivity contribution in [2.24, 2.45) is 0 Å². The third kappa shape index (κ3) is 3.91. The summed E-state index contributed by atoms with van der Waals surface area (Å²) in [5.74, 6) is 0. The first-order valence-electron chi connectivity index (χ1n) is 8.36. The van der Waals surface area contributed by atoms with Crippen LogP contribution in [0.4, 0.5) is 4.79 Å². The molecule has 1 aromatic heterocycles. The number of piperidine rings is 1. The Morgan fingerprint density at radius 2 is 2.12 bits per heavy atom. The lowest BCUT2D eigenvalue weighted by molar-refractivity contribution is 0.0950. The fourth-order valence-corrected chi connectivity index (χ4v) is 2.95. The minimum absolute atomic E-state index is 0.201. The standard InChI is InChI=1S/C17H23N5O2/c1-2-24-17(23)21-9-7-15(8-10-21)19-11-14-5-3-4-6-16(14)22-13-18-12-20-22/h3-6,12-13,15,19H,2,7-11H2,1H3. The number of carbonyl (C=O) groups excluding carboxylic acids is 1. The number of nitrogens with one attached hydrogen (secondary N) is 1. The first kappa shape index (κ1) is 16.4. The number of likely N-dealkylation sites (tertiary alicyclic amines) is 1. The molecule has 0 spiro atoms. The van der Waals surface area contributed by atoms with Crippen LogP contribution in [0.25, 0.3) is 5.69 Å². The summed E-state index contributed by atoms with van der Waals surface area (Å²) in [6.45, 7) is 4.50. The lowest BCUT2D eigenvalue weighted by atomic mass is 10.0. The number of carbonyl (C=O) groups is 1. The lowest BCUT2D eigenvalue weighted by Crippen LogP contribution is -2.45. The smallest absolute Gasteiger partial charge is 0.409 e. The van der Waals surface area contributed by atoms with Gasteiger partial charge in [0.15, 0.2) is 0 Å². The second kappa shape index (κ2) is 7.92. The summed E-state index contributed by atoms with van der Waals surface area (Å²) in [6, 6.07) is 8.56. The zero-order valence-electron chi connectivity index (χ0n) is 13.9. The molecule has 0 saturated carbocycles. The summed E-state index contributed by atoms with van der Waals surface area (Å²) in [4.78, 5) is 17.5. The summed E-state index contributed by atoms with van der Waals surface area (Å²) in [6.07, 6.45) is 4.91. The zero-order valence-corrected chi connectivity index (χ0v) is 13.9. The van der Waals surface area contributed by atoms with E-state index in [9.17, 15) is 4.79 Å². The molecular weight excluding hydrogens is 306 g/mol. The van der Waals surface area contributed by atoms with Crippen molar-refractivity contribution in [2.45, 2.75) is 32.4 Å². The third-order valence-electron chi connectivity index (χ3n) is 4.26. The average Bonchev–Trinajstić information content (AvgIpc) is 3.15. The van der Waals surface area contributed by atoms with Crippen LogP contribution in [0.15, 0.2) is 36.9 Å². The van der Waals surface area contributed by atoms with E-state index in [1.807, 2.05) is 25.1 Å². The maximum absolute atomic E-state index is 11.7. The minimum atomic E-state index is -0.201. The van der Waals surface area contributed by atoms with Gasteiger partial charge in [0, 0.05) is 25.7 Å². The zero-order chi connectivity index (χ0) is 16.8. The van der Waals surface area contributed by atoms with Gasteiger partial charge in [0.1, 0.15) is 12.7 Å². The Morgan fingerprint density at radius 3 is 2.83 bits per heavy atom. The first-order valence-corrected chi connectivity index (χ1v) is 8.36. The number of amides is 1. The van der Waals surface area contributed by atoms with Crippen molar-refractivity contribution in [3.05, 3.63) is 42.5 Å². The Labute approximate surface area is 141 Å². The topological polar surface area (TPSA) is 72.3 Å². The number of nitrogens with zero attached hydrogens (tertiary/aromatic N) is 4.